The molecule has 2 heterocycles. The second-order valence-corrected chi connectivity index (χ2v) is 4.13. The molecule has 19 heavy (non-hydrogen) atoms. The van der Waals surface area contributed by atoms with Crippen LogP contribution in [0.2, 0.25) is 0 Å². The van der Waals surface area contributed by atoms with Crippen molar-refractivity contribution >= 4 is 29.9 Å². The van der Waals surface area contributed by atoms with Gasteiger partial charge >= 0.3 is 0 Å². The van der Waals surface area contributed by atoms with Crippen LogP contribution >= 0.6 is 24.0 Å². The fraction of sp³-hybridized carbons (Fsp3) is 0.727. The summed E-state index contributed by atoms with van der Waals surface area (Å²) in [5, 5.41) is 7.92. The van der Waals surface area contributed by atoms with Crippen LogP contribution in [0.5, 0.6) is 0 Å². The molecule has 1 aromatic heterocycles. The van der Waals surface area contributed by atoms with E-state index in [2.05, 4.69) is 27.0 Å². The SMILES string of the molecule is CCc1nncn1CCN=C(N)N1CCOCC1.I. The summed E-state index contributed by atoms with van der Waals surface area (Å²) in [6, 6.07) is 0. The van der Waals surface area contributed by atoms with Crippen LogP contribution in [-0.4, -0.2) is 58.5 Å². The number of hydrogen-bond donors (Lipinski definition) is 1. The van der Waals surface area contributed by atoms with Crippen LogP contribution in [0.25, 0.3) is 0 Å². The summed E-state index contributed by atoms with van der Waals surface area (Å²) < 4.78 is 7.28. The lowest BCUT2D eigenvalue weighted by atomic mass is 10.4. The predicted molar refractivity (Wildman–Crippen MR) is 83.7 cm³/mol. The Morgan fingerprint density at radius 3 is 2.89 bits per heavy atom. The summed E-state index contributed by atoms with van der Waals surface area (Å²) in [5.41, 5.74) is 5.94. The Morgan fingerprint density at radius 1 is 1.47 bits per heavy atom. The minimum Gasteiger partial charge on any atom is -0.378 e. The van der Waals surface area contributed by atoms with E-state index in [-0.39, 0.29) is 24.0 Å². The largest absolute Gasteiger partial charge is 0.378 e. The van der Waals surface area contributed by atoms with Crippen LogP contribution < -0.4 is 5.73 Å². The van der Waals surface area contributed by atoms with Crippen LogP contribution in [-0.2, 0) is 17.7 Å². The quantitative estimate of drug-likeness (QED) is 0.456. The molecule has 0 bridgehead atoms. The normalized spacial score (nSPS) is 16.3. The summed E-state index contributed by atoms with van der Waals surface area (Å²) in [7, 11) is 0. The van der Waals surface area contributed by atoms with Gasteiger partial charge in [0.05, 0.1) is 19.8 Å². The van der Waals surface area contributed by atoms with Crippen molar-refractivity contribution in [1.29, 1.82) is 0 Å². The molecule has 0 amide bonds. The monoisotopic (exact) mass is 380 g/mol. The summed E-state index contributed by atoms with van der Waals surface area (Å²) >= 11 is 0. The van der Waals surface area contributed by atoms with Crippen molar-refractivity contribution in [3.63, 3.8) is 0 Å². The topological polar surface area (TPSA) is 81.6 Å². The molecule has 8 heteroatoms. The molecule has 0 aromatic carbocycles. The summed E-state index contributed by atoms with van der Waals surface area (Å²) in [4.78, 5) is 6.44. The molecule has 1 aromatic rings. The van der Waals surface area contributed by atoms with E-state index in [9.17, 15) is 0 Å². The van der Waals surface area contributed by atoms with Gasteiger partial charge in [0.15, 0.2) is 5.96 Å². The summed E-state index contributed by atoms with van der Waals surface area (Å²) in [6.07, 6.45) is 2.61. The molecular weight excluding hydrogens is 359 g/mol. The lowest BCUT2D eigenvalue weighted by molar-refractivity contribution is 0.0674. The second-order valence-electron chi connectivity index (χ2n) is 4.13. The van der Waals surface area contributed by atoms with Crippen LogP contribution in [0.3, 0.4) is 0 Å². The van der Waals surface area contributed by atoms with E-state index in [0.717, 1.165) is 45.1 Å². The van der Waals surface area contributed by atoms with E-state index < -0.39 is 0 Å². The highest BCUT2D eigenvalue weighted by Gasteiger charge is 2.11. The van der Waals surface area contributed by atoms with Gasteiger partial charge < -0.3 is 19.9 Å². The van der Waals surface area contributed by atoms with E-state index in [4.69, 9.17) is 10.5 Å². The number of aryl methyl sites for hydroxylation is 1. The van der Waals surface area contributed by atoms with Crippen LogP contribution in [0, 0.1) is 0 Å². The molecule has 0 unspecified atom stereocenters. The van der Waals surface area contributed by atoms with Crippen LogP contribution in [0.4, 0.5) is 0 Å². The number of ether oxygens (including phenoxy) is 1. The fourth-order valence-electron chi connectivity index (χ4n) is 1.90. The average Bonchev–Trinajstić information content (AvgIpc) is 2.87. The van der Waals surface area contributed by atoms with Crippen molar-refractivity contribution in [2.24, 2.45) is 10.7 Å². The van der Waals surface area contributed by atoms with Gasteiger partial charge in [-0.25, -0.2) is 0 Å². The van der Waals surface area contributed by atoms with Gasteiger partial charge in [-0.15, -0.1) is 34.2 Å². The van der Waals surface area contributed by atoms with Gasteiger partial charge in [-0.3, -0.25) is 4.99 Å². The highest BCUT2D eigenvalue weighted by atomic mass is 127. The second kappa shape index (κ2) is 8.31. The fourth-order valence-corrected chi connectivity index (χ4v) is 1.90. The zero-order valence-corrected chi connectivity index (χ0v) is 13.5. The molecule has 1 aliphatic rings. The third-order valence-electron chi connectivity index (χ3n) is 2.96. The van der Waals surface area contributed by atoms with Crippen molar-refractivity contribution < 1.29 is 4.74 Å². The molecule has 0 spiro atoms. The molecule has 0 atom stereocenters. The Morgan fingerprint density at radius 2 is 2.21 bits per heavy atom. The third-order valence-corrected chi connectivity index (χ3v) is 2.96. The first-order chi connectivity index (χ1) is 8.81. The molecule has 7 nitrogen and oxygen atoms in total. The number of nitrogens with two attached hydrogens (primary N) is 1. The number of guanidine groups is 1. The molecule has 1 saturated heterocycles. The van der Waals surface area contributed by atoms with Gasteiger partial charge in [0.1, 0.15) is 12.2 Å². The van der Waals surface area contributed by atoms with Crippen molar-refractivity contribution in [3.8, 4) is 0 Å². The van der Waals surface area contributed by atoms with E-state index in [0.29, 0.717) is 12.5 Å². The Bertz CT molecular complexity index is 402. The van der Waals surface area contributed by atoms with E-state index >= 15 is 0 Å². The van der Waals surface area contributed by atoms with Gasteiger partial charge in [0.2, 0.25) is 0 Å². The Balaban J connectivity index is 0.00000180. The first-order valence-corrected chi connectivity index (χ1v) is 6.30. The number of aliphatic imine (C=N–C) groups is 1. The maximum Gasteiger partial charge on any atom is 0.191 e. The van der Waals surface area contributed by atoms with Crippen LogP contribution in [0.1, 0.15) is 12.7 Å². The molecule has 0 aliphatic carbocycles. The summed E-state index contributed by atoms with van der Waals surface area (Å²) in [6.45, 7) is 6.56. The zero-order valence-electron chi connectivity index (χ0n) is 11.2. The molecule has 2 rings (SSSR count). The number of aromatic nitrogens is 3. The first kappa shape index (κ1) is 16.2. The molecule has 108 valence electrons. The van der Waals surface area contributed by atoms with Gasteiger partial charge in [0, 0.05) is 26.1 Å². The average molecular weight is 380 g/mol. The molecule has 0 saturated carbocycles. The van der Waals surface area contributed by atoms with E-state index in [1.165, 1.54) is 0 Å². The number of rotatable bonds is 4. The maximum atomic E-state index is 5.94. The minimum atomic E-state index is 0. The first-order valence-electron chi connectivity index (χ1n) is 6.30. The highest BCUT2D eigenvalue weighted by Crippen LogP contribution is 1.98. The van der Waals surface area contributed by atoms with Gasteiger partial charge in [0.25, 0.3) is 0 Å². The Kier molecular flexibility index (Phi) is 7.06. The van der Waals surface area contributed by atoms with E-state index in [1.54, 1.807) is 6.33 Å². The van der Waals surface area contributed by atoms with Crippen molar-refractivity contribution in [2.45, 2.75) is 19.9 Å². The number of hydrogen-bond acceptors (Lipinski definition) is 4. The number of nitrogens with zero attached hydrogens (tertiary/aromatic N) is 5. The molecule has 2 N–H and O–H groups in total. The minimum absolute atomic E-state index is 0. The number of halogens is 1. The molecule has 1 fully saturated rings. The lowest BCUT2D eigenvalue weighted by Gasteiger charge is -2.27. The van der Waals surface area contributed by atoms with Crippen molar-refractivity contribution in [3.05, 3.63) is 12.2 Å². The molecule has 1 aliphatic heterocycles. The van der Waals surface area contributed by atoms with Gasteiger partial charge in [-0.05, 0) is 0 Å². The molecular formula is C11H21IN6O. The molecule has 0 radical (unpaired) electrons. The zero-order chi connectivity index (χ0) is 12.8. The Hall–Kier alpha value is -0.900. The maximum absolute atomic E-state index is 5.94. The van der Waals surface area contributed by atoms with Crippen molar-refractivity contribution in [1.82, 2.24) is 19.7 Å². The van der Waals surface area contributed by atoms with Crippen LogP contribution in [0.15, 0.2) is 11.3 Å². The predicted octanol–water partition coefficient (Wildman–Crippen LogP) is 0.105. The number of morpholine rings is 1. The van der Waals surface area contributed by atoms with E-state index in [1.807, 2.05) is 4.57 Å². The van der Waals surface area contributed by atoms with Gasteiger partial charge in [-0.2, -0.15) is 0 Å². The third kappa shape index (κ3) is 4.60. The lowest BCUT2D eigenvalue weighted by Crippen LogP contribution is -2.44. The Labute approximate surface area is 130 Å². The highest BCUT2D eigenvalue weighted by molar-refractivity contribution is 14.0. The summed E-state index contributed by atoms with van der Waals surface area (Å²) in [5.74, 6) is 1.58. The van der Waals surface area contributed by atoms with Crippen molar-refractivity contribution in [2.75, 3.05) is 32.8 Å². The smallest absolute Gasteiger partial charge is 0.191 e. The standard InChI is InChI=1S/C11H20N6O.HI/c1-2-10-15-14-9-17(10)4-3-13-11(12)16-5-7-18-8-6-16;/h9H,2-8H2,1H3,(H2,12,13);1H. The van der Waals surface area contributed by atoms with Gasteiger partial charge in [-0.1, -0.05) is 6.92 Å².